The molecular formula is C15H25N5. The largest absolute Gasteiger partial charge is 0.383 e. The normalized spacial score (nSPS) is 20.7. The standard InChI is InChI=1S/C15H25N5/c1-10(2)19-6-8-20(9-7-19)15-11(3)13(16)17-14(18-15)12-4-5-12/h10,12H,4-9H2,1-3H3,(H2,16,17,18). The Morgan fingerprint density at radius 1 is 1.10 bits per heavy atom. The second-order valence-electron chi connectivity index (χ2n) is 6.31. The Morgan fingerprint density at radius 3 is 2.30 bits per heavy atom. The Bertz CT molecular complexity index is 487. The van der Waals surface area contributed by atoms with Crippen molar-refractivity contribution in [2.75, 3.05) is 36.8 Å². The predicted octanol–water partition coefficient (Wildman–Crippen LogP) is 1.78. The molecule has 1 aromatic heterocycles. The van der Waals surface area contributed by atoms with E-state index >= 15 is 0 Å². The molecule has 1 aromatic rings. The van der Waals surface area contributed by atoms with E-state index in [9.17, 15) is 0 Å². The Balaban J connectivity index is 1.80. The molecule has 2 fully saturated rings. The summed E-state index contributed by atoms with van der Waals surface area (Å²) in [4.78, 5) is 14.2. The molecule has 110 valence electrons. The lowest BCUT2D eigenvalue weighted by atomic mass is 10.2. The van der Waals surface area contributed by atoms with Crippen LogP contribution in [0.4, 0.5) is 11.6 Å². The SMILES string of the molecule is Cc1c(N)nc(C2CC2)nc1N1CCN(C(C)C)CC1. The molecule has 0 amide bonds. The van der Waals surface area contributed by atoms with Crippen molar-refractivity contribution in [2.45, 2.75) is 45.6 Å². The highest BCUT2D eigenvalue weighted by Gasteiger charge is 2.29. The molecule has 1 aliphatic carbocycles. The van der Waals surface area contributed by atoms with E-state index in [0.29, 0.717) is 17.8 Å². The third kappa shape index (κ3) is 2.59. The van der Waals surface area contributed by atoms with Crippen molar-refractivity contribution >= 4 is 11.6 Å². The van der Waals surface area contributed by atoms with E-state index in [1.54, 1.807) is 0 Å². The van der Waals surface area contributed by atoms with Gasteiger partial charge in [-0.2, -0.15) is 0 Å². The molecule has 2 N–H and O–H groups in total. The van der Waals surface area contributed by atoms with Gasteiger partial charge in [0, 0.05) is 43.7 Å². The van der Waals surface area contributed by atoms with Crippen LogP contribution in [0.1, 0.15) is 44.0 Å². The van der Waals surface area contributed by atoms with E-state index < -0.39 is 0 Å². The molecule has 1 saturated carbocycles. The van der Waals surface area contributed by atoms with Crippen LogP contribution in [-0.2, 0) is 0 Å². The fraction of sp³-hybridized carbons (Fsp3) is 0.733. The summed E-state index contributed by atoms with van der Waals surface area (Å²) >= 11 is 0. The molecule has 0 bridgehead atoms. The highest BCUT2D eigenvalue weighted by Crippen LogP contribution is 2.39. The summed E-state index contributed by atoms with van der Waals surface area (Å²) in [6.45, 7) is 10.8. The third-order valence-electron chi connectivity index (χ3n) is 4.46. The summed E-state index contributed by atoms with van der Waals surface area (Å²) in [6.07, 6.45) is 2.42. The highest BCUT2D eigenvalue weighted by molar-refractivity contribution is 5.57. The second-order valence-corrected chi connectivity index (χ2v) is 6.31. The topological polar surface area (TPSA) is 58.3 Å². The summed E-state index contributed by atoms with van der Waals surface area (Å²) in [7, 11) is 0. The van der Waals surface area contributed by atoms with Gasteiger partial charge in [0.2, 0.25) is 0 Å². The Labute approximate surface area is 121 Å². The average Bonchev–Trinajstić information content (AvgIpc) is 3.26. The summed E-state index contributed by atoms with van der Waals surface area (Å²) in [5.74, 6) is 3.22. The first-order chi connectivity index (χ1) is 9.56. The number of hydrogen-bond donors (Lipinski definition) is 1. The maximum absolute atomic E-state index is 6.08. The number of aromatic nitrogens is 2. The minimum absolute atomic E-state index is 0.550. The summed E-state index contributed by atoms with van der Waals surface area (Å²) in [5, 5.41) is 0. The summed E-state index contributed by atoms with van der Waals surface area (Å²) in [5.41, 5.74) is 7.12. The van der Waals surface area contributed by atoms with Crippen LogP contribution < -0.4 is 10.6 Å². The maximum Gasteiger partial charge on any atom is 0.137 e. The van der Waals surface area contributed by atoms with E-state index in [-0.39, 0.29) is 0 Å². The fourth-order valence-electron chi connectivity index (χ4n) is 2.82. The zero-order chi connectivity index (χ0) is 14.3. The van der Waals surface area contributed by atoms with Crippen LogP contribution in [0.5, 0.6) is 0 Å². The number of nitrogen functional groups attached to an aromatic ring is 1. The number of rotatable bonds is 3. The van der Waals surface area contributed by atoms with Gasteiger partial charge in [-0.1, -0.05) is 0 Å². The van der Waals surface area contributed by atoms with Gasteiger partial charge in [0.25, 0.3) is 0 Å². The first-order valence-electron chi connectivity index (χ1n) is 7.69. The number of nitrogens with two attached hydrogens (primary N) is 1. The molecular weight excluding hydrogens is 250 g/mol. The molecule has 0 atom stereocenters. The van der Waals surface area contributed by atoms with E-state index in [1.807, 2.05) is 6.92 Å². The van der Waals surface area contributed by atoms with Crippen LogP contribution in [0.15, 0.2) is 0 Å². The molecule has 5 nitrogen and oxygen atoms in total. The smallest absolute Gasteiger partial charge is 0.137 e. The fourth-order valence-corrected chi connectivity index (χ4v) is 2.82. The molecule has 1 saturated heterocycles. The lowest BCUT2D eigenvalue weighted by molar-refractivity contribution is 0.209. The van der Waals surface area contributed by atoms with Crippen LogP contribution in [-0.4, -0.2) is 47.1 Å². The van der Waals surface area contributed by atoms with E-state index in [1.165, 1.54) is 12.8 Å². The van der Waals surface area contributed by atoms with Crippen molar-refractivity contribution in [1.29, 1.82) is 0 Å². The van der Waals surface area contributed by atoms with E-state index in [2.05, 4.69) is 28.6 Å². The molecule has 20 heavy (non-hydrogen) atoms. The van der Waals surface area contributed by atoms with Crippen molar-refractivity contribution in [3.63, 3.8) is 0 Å². The quantitative estimate of drug-likeness (QED) is 0.911. The predicted molar refractivity (Wildman–Crippen MR) is 82.1 cm³/mol. The van der Waals surface area contributed by atoms with Crippen molar-refractivity contribution in [3.8, 4) is 0 Å². The van der Waals surface area contributed by atoms with E-state index in [0.717, 1.165) is 43.4 Å². The summed E-state index contributed by atoms with van der Waals surface area (Å²) in [6, 6.07) is 0.621. The van der Waals surface area contributed by atoms with Gasteiger partial charge >= 0.3 is 0 Å². The van der Waals surface area contributed by atoms with Gasteiger partial charge in [0.1, 0.15) is 17.5 Å². The molecule has 5 heteroatoms. The van der Waals surface area contributed by atoms with Gasteiger partial charge in [0.15, 0.2) is 0 Å². The lowest BCUT2D eigenvalue weighted by Gasteiger charge is -2.38. The zero-order valence-corrected chi connectivity index (χ0v) is 12.8. The molecule has 2 heterocycles. The number of piperazine rings is 1. The van der Waals surface area contributed by atoms with Crippen molar-refractivity contribution in [2.24, 2.45) is 0 Å². The van der Waals surface area contributed by atoms with Crippen molar-refractivity contribution in [1.82, 2.24) is 14.9 Å². The maximum atomic E-state index is 6.08. The first-order valence-corrected chi connectivity index (χ1v) is 7.69. The van der Waals surface area contributed by atoms with Crippen LogP contribution in [0.3, 0.4) is 0 Å². The minimum Gasteiger partial charge on any atom is -0.383 e. The lowest BCUT2D eigenvalue weighted by Crippen LogP contribution is -2.49. The van der Waals surface area contributed by atoms with Gasteiger partial charge in [-0.15, -0.1) is 0 Å². The van der Waals surface area contributed by atoms with Crippen LogP contribution in [0.25, 0.3) is 0 Å². The molecule has 1 aliphatic heterocycles. The zero-order valence-electron chi connectivity index (χ0n) is 12.8. The molecule has 2 aliphatic rings. The second kappa shape index (κ2) is 5.20. The van der Waals surface area contributed by atoms with Crippen molar-refractivity contribution < 1.29 is 0 Å². The van der Waals surface area contributed by atoms with Gasteiger partial charge in [-0.05, 0) is 33.6 Å². The van der Waals surface area contributed by atoms with Gasteiger partial charge < -0.3 is 10.6 Å². The number of hydrogen-bond acceptors (Lipinski definition) is 5. The molecule has 0 radical (unpaired) electrons. The van der Waals surface area contributed by atoms with E-state index in [4.69, 9.17) is 10.7 Å². The highest BCUT2D eigenvalue weighted by atomic mass is 15.3. The first kappa shape index (κ1) is 13.6. The number of anilines is 2. The average molecular weight is 275 g/mol. The monoisotopic (exact) mass is 275 g/mol. The van der Waals surface area contributed by atoms with Crippen LogP contribution >= 0.6 is 0 Å². The van der Waals surface area contributed by atoms with Crippen LogP contribution in [0.2, 0.25) is 0 Å². The van der Waals surface area contributed by atoms with Gasteiger partial charge in [-0.25, -0.2) is 9.97 Å². The minimum atomic E-state index is 0.550. The van der Waals surface area contributed by atoms with Crippen molar-refractivity contribution in [3.05, 3.63) is 11.4 Å². The number of nitrogens with zero attached hydrogens (tertiary/aromatic N) is 4. The molecule has 3 rings (SSSR count). The third-order valence-corrected chi connectivity index (χ3v) is 4.46. The molecule has 0 spiro atoms. The molecule has 0 unspecified atom stereocenters. The van der Waals surface area contributed by atoms with Crippen LogP contribution in [0, 0.1) is 6.92 Å². The van der Waals surface area contributed by atoms with Gasteiger partial charge in [0.05, 0.1) is 0 Å². The Hall–Kier alpha value is -1.36. The van der Waals surface area contributed by atoms with Gasteiger partial charge in [-0.3, -0.25) is 4.90 Å². The molecule has 0 aromatic carbocycles. The Morgan fingerprint density at radius 2 is 1.75 bits per heavy atom. The Kier molecular flexibility index (Phi) is 3.54. The summed E-state index contributed by atoms with van der Waals surface area (Å²) < 4.78 is 0.